The van der Waals surface area contributed by atoms with Crippen LogP contribution in [0.2, 0.25) is 0 Å². The van der Waals surface area contributed by atoms with Crippen LogP contribution in [0, 0.1) is 11.8 Å². The Kier molecular flexibility index (Phi) is 5.22. The smallest absolute Gasteiger partial charge is 0.320 e. The van der Waals surface area contributed by atoms with Crippen LogP contribution in [-0.4, -0.2) is 49.2 Å². The van der Waals surface area contributed by atoms with E-state index in [-0.39, 0.29) is 5.97 Å². The van der Waals surface area contributed by atoms with Crippen LogP contribution in [0.25, 0.3) is 0 Å². The van der Waals surface area contributed by atoms with Crippen molar-refractivity contribution in [1.82, 2.24) is 10.2 Å². The number of carbonyl (C=O) groups is 1. The lowest BCUT2D eigenvalue weighted by molar-refractivity contribution is -0.145. The Hall–Kier alpha value is -0.610. The van der Waals surface area contributed by atoms with E-state index in [2.05, 4.69) is 24.1 Å². The molecule has 0 bridgehead atoms. The molecule has 2 atom stereocenters. The number of carbonyl (C=O) groups excluding carboxylic acids is 1. The van der Waals surface area contributed by atoms with Crippen molar-refractivity contribution in [2.75, 3.05) is 26.2 Å². The van der Waals surface area contributed by atoms with Crippen LogP contribution in [0.15, 0.2) is 0 Å². The molecule has 2 unspecified atom stereocenters. The van der Waals surface area contributed by atoms with E-state index in [9.17, 15) is 4.79 Å². The van der Waals surface area contributed by atoms with Gasteiger partial charge in [-0.3, -0.25) is 9.69 Å². The van der Waals surface area contributed by atoms with Crippen LogP contribution < -0.4 is 5.32 Å². The van der Waals surface area contributed by atoms with Crippen molar-refractivity contribution >= 4 is 5.97 Å². The van der Waals surface area contributed by atoms with E-state index in [0.29, 0.717) is 31.0 Å². The van der Waals surface area contributed by atoms with E-state index in [1.54, 1.807) is 0 Å². The number of nitrogens with one attached hydrogen (secondary N) is 1. The van der Waals surface area contributed by atoms with Gasteiger partial charge in [0.05, 0.1) is 13.2 Å². The van der Waals surface area contributed by atoms with Gasteiger partial charge in [-0.25, -0.2) is 0 Å². The first-order chi connectivity index (χ1) is 9.08. The molecular weight excluding hydrogens is 240 g/mol. The Morgan fingerprint density at radius 3 is 2.63 bits per heavy atom. The minimum Gasteiger partial charge on any atom is -0.465 e. The van der Waals surface area contributed by atoms with Gasteiger partial charge in [0.1, 0.15) is 0 Å². The third-order valence-corrected chi connectivity index (χ3v) is 4.21. The molecule has 4 nitrogen and oxygen atoms in total. The molecule has 1 saturated heterocycles. The van der Waals surface area contributed by atoms with Crippen molar-refractivity contribution in [2.24, 2.45) is 11.8 Å². The molecule has 1 saturated carbocycles. The first-order valence-corrected chi connectivity index (χ1v) is 7.72. The highest BCUT2D eigenvalue weighted by molar-refractivity contribution is 5.71. The zero-order valence-corrected chi connectivity index (χ0v) is 12.5. The summed E-state index contributed by atoms with van der Waals surface area (Å²) in [6.45, 7) is 9.36. The van der Waals surface area contributed by atoms with Gasteiger partial charge in [0.2, 0.25) is 0 Å². The van der Waals surface area contributed by atoms with E-state index in [1.807, 2.05) is 6.92 Å². The maximum atomic E-state index is 11.6. The monoisotopic (exact) mass is 268 g/mol. The van der Waals surface area contributed by atoms with Crippen LogP contribution in [0.3, 0.4) is 0 Å². The topological polar surface area (TPSA) is 41.6 Å². The third-order valence-electron chi connectivity index (χ3n) is 4.21. The molecule has 4 heteroatoms. The summed E-state index contributed by atoms with van der Waals surface area (Å²) >= 11 is 0. The summed E-state index contributed by atoms with van der Waals surface area (Å²) in [6, 6.07) is 1.28. The first kappa shape index (κ1) is 14.8. The molecule has 0 amide bonds. The van der Waals surface area contributed by atoms with E-state index in [4.69, 9.17) is 4.74 Å². The third kappa shape index (κ3) is 4.77. The fraction of sp³-hybridized carbons (Fsp3) is 0.933. The van der Waals surface area contributed by atoms with Crippen LogP contribution in [0.1, 0.15) is 40.0 Å². The lowest BCUT2D eigenvalue weighted by atomic mass is 9.85. The molecular formula is C15H28N2O2. The van der Waals surface area contributed by atoms with Crippen molar-refractivity contribution in [3.63, 3.8) is 0 Å². The molecule has 0 aromatic rings. The van der Waals surface area contributed by atoms with Crippen LogP contribution in [-0.2, 0) is 9.53 Å². The number of rotatable bonds is 6. The standard InChI is InChI=1S/C15H28N2O2/c1-4-19-15(18)10-17-8-12(11(2)3)7-14(9-17)16-13-5-6-13/h11-14,16H,4-10H2,1-3H3. The van der Waals surface area contributed by atoms with Gasteiger partial charge < -0.3 is 10.1 Å². The molecule has 2 aliphatic rings. The minimum atomic E-state index is -0.0860. The van der Waals surface area contributed by atoms with Gasteiger partial charge in [-0.05, 0) is 38.0 Å². The molecule has 2 rings (SSSR count). The first-order valence-electron chi connectivity index (χ1n) is 7.72. The summed E-state index contributed by atoms with van der Waals surface area (Å²) in [4.78, 5) is 13.9. The largest absolute Gasteiger partial charge is 0.465 e. The lowest BCUT2D eigenvalue weighted by Crippen LogP contribution is -2.52. The number of ether oxygens (including phenoxy) is 1. The van der Waals surface area contributed by atoms with Crippen molar-refractivity contribution in [3.8, 4) is 0 Å². The molecule has 0 spiro atoms. The molecule has 0 aromatic heterocycles. The molecule has 19 heavy (non-hydrogen) atoms. The normalized spacial score (nSPS) is 28.6. The predicted molar refractivity (Wildman–Crippen MR) is 76.0 cm³/mol. The van der Waals surface area contributed by atoms with Gasteiger partial charge in [0.15, 0.2) is 0 Å². The Balaban J connectivity index is 1.87. The molecule has 1 aliphatic heterocycles. The second kappa shape index (κ2) is 6.71. The van der Waals surface area contributed by atoms with E-state index < -0.39 is 0 Å². The molecule has 0 radical (unpaired) electrons. The van der Waals surface area contributed by atoms with E-state index >= 15 is 0 Å². The highest BCUT2D eigenvalue weighted by Gasteiger charge is 2.33. The maximum Gasteiger partial charge on any atom is 0.320 e. The molecule has 2 fully saturated rings. The Morgan fingerprint density at radius 2 is 2.05 bits per heavy atom. The van der Waals surface area contributed by atoms with Gasteiger partial charge >= 0.3 is 5.97 Å². The zero-order chi connectivity index (χ0) is 13.8. The average molecular weight is 268 g/mol. The predicted octanol–water partition coefficient (Wildman–Crippen LogP) is 1.65. The number of esters is 1. The summed E-state index contributed by atoms with van der Waals surface area (Å²) in [5, 5.41) is 3.72. The summed E-state index contributed by atoms with van der Waals surface area (Å²) < 4.78 is 5.07. The summed E-state index contributed by atoms with van der Waals surface area (Å²) in [5.41, 5.74) is 0. The number of hydrogen-bond acceptors (Lipinski definition) is 4. The van der Waals surface area contributed by atoms with Crippen molar-refractivity contribution in [2.45, 2.75) is 52.1 Å². The van der Waals surface area contributed by atoms with Gasteiger partial charge in [-0.2, -0.15) is 0 Å². The van der Waals surface area contributed by atoms with Gasteiger partial charge in [-0.1, -0.05) is 13.8 Å². The fourth-order valence-corrected chi connectivity index (χ4v) is 2.94. The van der Waals surface area contributed by atoms with Crippen molar-refractivity contribution in [1.29, 1.82) is 0 Å². The summed E-state index contributed by atoms with van der Waals surface area (Å²) in [7, 11) is 0. The van der Waals surface area contributed by atoms with Crippen molar-refractivity contribution < 1.29 is 9.53 Å². The van der Waals surface area contributed by atoms with Crippen LogP contribution >= 0.6 is 0 Å². The molecule has 110 valence electrons. The Labute approximate surface area is 116 Å². The van der Waals surface area contributed by atoms with Crippen molar-refractivity contribution in [3.05, 3.63) is 0 Å². The number of likely N-dealkylation sites (tertiary alicyclic amines) is 1. The second-order valence-corrected chi connectivity index (χ2v) is 6.38. The number of piperidine rings is 1. The molecule has 1 N–H and O–H groups in total. The number of nitrogens with zero attached hydrogens (tertiary/aromatic N) is 1. The van der Waals surface area contributed by atoms with Crippen LogP contribution in [0.5, 0.6) is 0 Å². The van der Waals surface area contributed by atoms with Gasteiger partial charge in [0, 0.05) is 25.2 Å². The molecule has 1 heterocycles. The van der Waals surface area contributed by atoms with E-state index in [1.165, 1.54) is 19.3 Å². The molecule has 1 aliphatic carbocycles. The van der Waals surface area contributed by atoms with Gasteiger partial charge in [0.25, 0.3) is 0 Å². The lowest BCUT2D eigenvalue weighted by Gasteiger charge is -2.39. The highest BCUT2D eigenvalue weighted by atomic mass is 16.5. The SMILES string of the molecule is CCOC(=O)CN1CC(NC2CC2)CC(C(C)C)C1. The Bertz CT molecular complexity index is 303. The van der Waals surface area contributed by atoms with E-state index in [0.717, 1.165) is 19.1 Å². The highest BCUT2D eigenvalue weighted by Crippen LogP contribution is 2.27. The quantitative estimate of drug-likeness (QED) is 0.744. The second-order valence-electron chi connectivity index (χ2n) is 6.38. The maximum absolute atomic E-state index is 11.6. The fourth-order valence-electron chi connectivity index (χ4n) is 2.94. The Morgan fingerprint density at radius 1 is 1.32 bits per heavy atom. The number of hydrogen-bond donors (Lipinski definition) is 1. The zero-order valence-electron chi connectivity index (χ0n) is 12.5. The summed E-state index contributed by atoms with van der Waals surface area (Å²) in [6.07, 6.45) is 3.88. The minimum absolute atomic E-state index is 0.0860. The van der Waals surface area contributed by atoms with Crippen LogP contribution in [0.4, 0.5) is 0 Å². The molecule has 0 aromatic carbocycles. The average Bonchev–Trinajstić information content (AvgIpc) is 3.12. The summed E-state index contributed by atoms with van der Waals surface area (Å²) in [5.74, 6) is 1.27. The van der Waals surface area contributed by atoms with Gasteiger partial charge in [-0.15, -0.1) is 0 Å².